The van der Waals surface area contributed by atoms with Gasteiger partial charge < -0.3 is 33.5 Å². The summed E-state index contributed by atoms with van der Waals surface area (Å²) in [4.78, 5) is 28.7. The van der Waals surface area contributed by atoms with Crippen molar-refractivity contribution in [1.29, 1.82) is 0 Å². The van der Waals surface area contributed by atoms with Crippen molar-refractivity contribution in [2.45, 2.75) is 37.9 Å². The van der Waals surface area contributed by atoms with Crippen LogP contribution in [0.1, 0.15) is 25.7 Å². The number of hydrogen-bond acceptors (Lipinski definition) is 7. The van der Waals surface area contributed by atoms with Crippen molar-refractivity contribution in [3.8, 4) is 51.0 Å². The first-order valence-corrected chi connectivity index (χ1v) is 18.3. The van der Waals surface area contributed by atoms with Crippen molar-refractivity contribution in [3.63, 3.8) is 0 Å². The molecule has 4 aromatic carbocycles. The quantitative estimate of drug-likeness (QED) is 0.128. The molecule has 10 heteroatoms. The van der Waals surface area contributed by atoms with Crippen LogP contribution in [0, 0.1) is 0 Å². The maximum absolute atomic E-state index is 13.1. The first-order chi connectivity index (χ1) is 25.9. The predicted octanol–water partition coefficient (Wildman–Crippen LogP) is 8.25. The van der Waals surface area contributed by atoms with Crippen LogP contribution in [0.4, 0.5) is 0 Å². The van der Waals surface area contributed by atoms with E-state index >= 15 is 0 Å². The van der Waals surface area contributed by atoms with E-state index in [-0.39, 0.29) is 30.6 Å². The van der Waals surface area contributed by atoms with E-state index in [4.69, 9.17) is 35.3 Å². The SMILES string of the molecule is C=CC(=O)N1CCC(Oc2cccc(-c3ccccc3OC/C=C/C(=O)N3CCC(Oc4cc(Cl)cc(-c5ccccc5OC)c4)CC3)c2OC)CC1. The van der Waals surface area contributed by atoms with Gasteiger partial charge in [-0.15, -0.1) is 0 Å². The van der Waals surface area contributed by atoms with Crippen LogP contribution in [-0.4, -0.2) is 80.8 Å². The minimum absolute atomic E-state index is 0.0335. The second-order valence-electron chi connectivity index (χ2n) is 12.9. The zero-order valence-corrected chi connectivity index (χ0v) is 30.9. The number of hydrogen-bond donors (Lipinski definition) is 0. The smallest absolute Gasteiger partial charge is 0.246 e. The van der Waals surface area contributed by atoms with E-state index < -0.39 is 0 Å². The molecule has 2 amide bonds. The molecule has 9 nitrogen and oxygen atoms in total. The Morgan fingerprint density at radius 1 is 0.717 bits per heavy atom. The minimum atomic E-state index is -0.0623. The molecule has 0 atom stereocenters. The summed E-state index contributed by atoms with van der Waals surface area (Å²) in [5, 5.41) is 0.583. The Balaban J connectivity index is 1.02. The number of halogens is 1. The first kappa shape index (κ1) is 37.4. The molecule has 276 valence electrons. The van der Waals surface area contributed by atoms with Gasteiger partial charge >= 0.3 is 0 Å². The van der Waals surface area contributed by atoms with Crippen LogP contribution in [0.15, 0.2) is 110 Å². The van der Waals surface area contributed by atoms with Gasteiger partial charge in [-0.25, -0.2) is 0 Å². The average Bonchev–Trinajstić information content (AvgIpc) is 3.19. The van der Waals surface area contributed by atoms with E-state index in [2.05, 4.69) is 6.58 Å². The molecule has 2 fully saturated rings. The van der Waals surface area contributed by atoms with E-state index in [9.17, 15) is 9.59 Å². The van der Waals surface area contributed by atoms with E-state index in [1.165, 1.54) is 6.08 Å². The van der Waals surface area contributed by atoms with Crippen LogP contribution in [0.3, 0.4) is 0 Å². The zero-order valence-electron chi connectivity index (χ0n) is 30.2. The lowest BCUT2D eigenvalue weighted by Crippen LogP contribution is -2.41. The van der Waals surface area contributed by atoms with Gasteiger partial charge in [0.05, 0.1) is 14.2 Å². The number of methoxy groups -OCH3 is 2. The molecule has 2 heterocycles. The first-order valence-electron chi connectivity index (χ1n) is 17.9. The summed E-state index contributed by atoms with van der Waals surface area (Å²) in [5.74, 6) is 3.24. The van der Waals surface area contributed by atoms with Crippen LogP contribution in [0.25, 0.3) is 22.3 Å². The minimum Gasteiger partial charge on any atom is -0.496 e. The fraction of sp³-hybridized carbons (Fsp3) is 0.302. The molecule has 53 heavy (non-hydrogen) atoms. The van der Waals surface area contributed by atoms with Gasteiger partial charge in [0.25, 0.3) is 0 Å². The highest BCUT2D eigenvalue weighted by Crippen LogP contribution is 2.42. The van der Waals surface area contributed by atoms with Crippen molar-refractivity contribution in [2.75, 3.05) is 47.0 Å². The van der Waals surface area contributed by atoms with Gasteiger partial charge in [0.2, 0.25) is 11.8 Å². The largest absolute Gasteiger partial charge is 0.496 e. The Hall–Kier alpha value is -5.41. The van der Waals surface area contributed by atoms with Crippen molar-refractivity contribution in [1.82, 2.24) is 9.80 Å². The zero-order chi connectivity index (χ0) is 37.2. The molecule has 0 radical (unpaired) electrons. The summed E-state index contributed by atoms with van der Waals surface area (Å²) in [6, 6.07) is 27.0. The molecule has 0 aliphatic carbocycles. The molecule has 0 saturated carbocycles. The monoisotopic (exact) mass is 736 g/mol. The maximum Gasteiger partial charge on any atom is 0.246 e. The molecule has 4 aromatic rings. The lowest BCUT2D eigenvalue weighted by atomic mass is 10.0. The molecule has 6 rings (SSSR count). The third-order valence-electron chi connectivity index (χ3n) is 9.52. The van der Waals surface area contributed by atoms with Crippen LogP contribution in [-0.2, 0) is 9.59 Å². The molecule has 0 spiro atoms. The number of carbonyl (C=O) groups is 2. The van der Waals surface area contributed by atoms with Gasteiger partial charge in [0.1, 0.15) is 36.1 Å². The maximum atomic E-state index is 13.1. The lowest BCUT2D eigenvalue weighted by molar-refractivity contribution is -0.128. The Morgan fingerprint density at radius 2 is 1.32 bits per heavy atom. The number of para-hydroxylation sites is 3. The van der Waals surface area contributed by atoms with Gasteiger partial charge in [-0.2, -0.15) is 0 Å². The van der Waals surface area contributed by atoms with Crippen molar-refractivity contribution >= 4 is 23.4 Å². The van der Waals surface area contributed by atoms with E-state index in [1.54, 1.807) is 31.3 Å². The van der Waals surface area contributed by atoms with Gasteiger partial charge in [0.15, 0.2) is 11.5 Å². The van der Waals surface area contributed by atoms with Crippen molar-refractivity contribution < 1.29 is 33.3 Å². The standard InChI is InChI=1S/C43H45ClN2O7/c1-4-41(47)45-22-20-33(21-23-45)53-40-16-9-13-37(43(40)50-3)36-12-6-8-15-39(36)51-26-10-17-42(48)46-24-18-32(19-25-46)52-34-28-30(27-31(44)29-34)35-11-5-7-14-38(35)49-2/h4-17,27-29,32-33H,1,18-26H2,2-3H3/b17-10+. The highest BCUT2D eigenvalue weighted by Gasteiger charge is 2.26. The number of nitrogens with zero attached hydrogens (tertiary/aromatic N) is 2. The number of likely N-dealkylation sites (tertiary alicyclic amines) is 2. The second kappa shape index (κ2) is 17.9. The fourth-order valence-electron chi connectivity index (χ4n) is 6.80. The average molecular weight is 737 g/mol. The van der Waals surface area contributed by atoms with Crippen LogP contribution in [0.5, 0.6) is 28.7 Å². The summed E-state index contributed by atoms with van der Waals surface area (Å²) in [6.45, 7) is 6.21. The Labute approximate surface area is 316 Å². The van der Waals surface area contributed by atoms with Crippen molar-refractivity contribution in [2.24, 2.45) is 0 Å². The summed E-state index contributed by atoms with van der Waals surface area (Å²) >= 11 is 6.47. The van der Waals surface area contributed by atoms with Crippen LogP contribution >= 0.6 is 11.6 Å². The molecule has 2 aliphatic rings. The van der Waals surface area contributed by atoms with Crippen LogP contribution in [0.2, 0.25) is 5.02 Å². The molecule has 2 aliphatic heterocycles. The second-order valence-corrected chi connectivity index (χ2v) is 13.3. The van der Waals surface area contributed by atoms with E-state index in [1.807, 2.05) is 89.8 Å². The van der Waals surface area contributed by atoms with Crippen LogP contribution < -0.4 is 23.7 Å². The molecule has 0 bridgehead atoms. The van der Waals surface area contributed by atoms with Gasteiger partial charge in [0, 0.05) is 79.7 Å². The Morgan fingerprint density at radius 3 is 2.00 bits per heavy atom. The number of ether oxygens (including phenoxy) is 5. The van der Waals surface area contributed by atoms with Gasteiger partial charge in [-0.3, -0.25) is 9.59 Å². The molecule has 2 saturated heterocycles. The normalized spacial score (nSPS) is 15.2. The fourth-order valence-corrected chi connectivity index (χ4v) is 7.02. The molecule has 0 N–H and O–H groups in total. The van der Waals surface area contributed by atoms with Gasteiger partial charge in [-0.1, -0.05) is 66.7 Å². The topological polar surface area (TPSA) is 86.8 Å². The van der Waals surface area contributed by atoms with Crippen molar-refractivity contribution in [3.05, 3.63) is 115 Å². The summed E-state index contributed by atoms with van der Waals surface area (Å²) in [7, 11) is 3.27. The third-order valence-corrected chi connectivity index (χ3v) is 9.74. The van der Waals surface area contributed by atoms with E-state index in [0.29, 0.717) is 67.0 Å². The number of piperidine rings is 2. The highest BCUT2D eigenvalue weighted by molar-refractivity contribution is 6.31. The lowest BCUT2D eigenvalue weighted by Gasteiger charge is -2.32. The highest BCUT2D eigenvalue weighted by atomic mass is 35.5. The Kier molecular flexibility index (Phi) is 12.6. The molecular weight excluding hydrogens is 692 g/mol. The molecular formula is C43H45ClN2O7. The predicted molar refractivity (Wildman–Crippen MR) is 207 cm³/mol. The number of rotatable bonds is 13. The van der Waals surface area contributed by atoms with Gasteiger partial charge in [-0.05, 0) is 54.1 Å². The van der Waals surface area contributed by atoms with E-state index in [0.717, 1.165) is 40.8 Å². The molecule has 0 aromatic heterocycles. The summed E-state index contributed by atoms with van der Waals surface area (Å²) in [5.41, 5.74) is 3.53. The summed E-state index contributed by atoms with van der Waals surface area (Å²) in [6.07, 6.45) is 7.45. The summed E-state index contributed by atoms with van der Waals surface area (Å²) < 4.78 is 30.3. The molecule has 0 unspecified atom stereocenters. The number of amides is 2. The Bertz CT molecular complexity index is 1930. The number of carbonyl (C=O) groups excluding carboxylic acids is 2. The third kappa shape index (κ3) is 9.34. The number of benzene rings is 4.